The summed E-state index contributed by atoms with van der Waals surface area (Å²) in [4.78, 5) is 12.7. The molecule has 1 aromatic carbocycles. The van der Waals surface area contributed by atoms with Gasteiger partial charge in [-0.25, -0.2) is 21.9 Å². The van der Waals surface area contributed by atoms with Crippen LogP contribution in [-0.2, 0) is 20.4 Å². The number of carbonyl (C=O) groups excluding carboxylic acids is 1. The first-order valence-electron chi connectivity index (χ1n) is 6.58. The van der Waals surface area contributed by atoms with Gasteiger partial charge < -0.3 is 4.90 Å². The second-order valence-corrected chi connectivity index (χ2v) is 7.23. The fourth-order valence-corrected chi connectivity index (χ4v) is 3.17. The second kappa shape index (κ2) is 6.45. The summed E-state index contributed by atoms with van der Waals surface area (Å²) < 4.78 is 51.6. The maximum absolute atomic E-state index is 13.7. The monoisotopic (exact) mass is 343 g/mol. The lowest BCUT2D eigenvalue weighted by Crippen LogP contribution is -2.29. The van der Waals surface area contributed by atoms with E-state index in [-0.39, 0.29) is 11.4 Å². The zero-order valence-corrected chi connectivity index (χ0v) is 13.3. The molecule has 0 atom stereocenters. The predicted molar refractivity (Wildman–Crippen MR) is 79.7 cm³/mol. The SMILES string of the molecule is CN(C)C(=O)CS(=O)(=O)Cc1ccn(-c2ccc(F)cc2F)n1. The third-order valence-corrected chi connectivity index (χ3v) is 4.43. The Morgan fingerprint density at radius 1 is 1.26 bits per heavy atom. The van der Waals surface area contributed by atoms with Crippen LogP contribution >= 0.6 is 0 Å². The molecule has 2 rings (SSSR count). The first kappa shape index (κ1) is 17.1. The van der Waals surface area contributed by atoms with Crippen LogP contribution in [0.25, 0.3) is 5.69 Å². The maximum Gasteiger partial charge on any atom is 0.237 e. The molecule has 6 nitrogen and oxygen atoms in total. The van der Waals surface area contributed by atoms with Crippen LogP contribution in [0.5, 0.6) is 0 Å². The van der Waals surface area contributed by atoms with Crippen LogP contribution in [-0.4, -0.2) is 48.9 Å². The Morgan fingerprint density at radius 3 is 2.57 bits per heavy atom. The minimum atomic E-state index is -3.69. The number of amides is 1. The Bertz CT molecular complexity index is 832. The lowest BCUT2D eigenvalue weighted by atomic mass is 10.3. The van der Waals surface area contributed by atoms with Gasteiger partial charge in [0.1, 0.15) is 17.3 Å². The average molecular weight is 343 g/mol. The number of carbonyl (C=O) groups is 1. The van der Waals surface area contributed by atoms with Crippen molar-refractivity contribution in [1.29, 1.82) is 0 Å². The van der Waals surface area contributed by atoms with Crippen molar-refractivity contribution in [3.05, 3.63) is 47.8 Å². The van der Waals surface area contributed by atoms with Crippen LogP contribution in [0.1, 0.15) is 5.69 Å². The van der Waals surface area contributed by atoms with Crippen LogP contribution in [0, 0.1) is 11.6 Å². The molecule has 0 saturated heterocycles. The Labute approximate surface area is 132 Å². The molecule has 1 aromatic heterocycles. The molecule has 0 radical (unpaired) electrons. The van der Waals surface area contributed by atoms with Crippen LogP contribution in [0.2, 0.25) is 0 Å². The topological polar surface area (TPSA) is 72.3 Å². The van der Waals surface area contributed by atoms with Gasteiger partial charge in [-0.3, -0.25) is 4.79 Å². The second-order valence-electron chi connectivity index (χ2n) is 5.17. The van der Waals surface area contributed by atoms with Gasteiger partial charge in [-0.1, -0.05) is 0 Å². The quantitative estimate of drug-likeness (QED) is 0.817. The molecule has 0 fully saturated rings. The van der Waals surface area contributed by atoms with E-state index in [0.29, 0.717) is 6.07 Å². The zero-order chi connectivity index (χ0) is 17.2. The maximum atomic E-state index is 13.7. The molecule has 124 valence electrons. The Balaban J connectivity index is 2.18. The van der Waals surface area contributed by atoms with Crippen molar-refractivity contribution >= 4 is 15.7 Å². The summed E-state index contributed by atoms with van der Waals surface area (Å²) in [6.07, 6.45) is 1.37. The van der Waals surface area contributed by atoms with Gasteiger partial charge in [0.2, 0.25) is 5.91 Å². The molecule has 0 aliphatic heterocycles. The zero-order valence-electron chi connectivity index (χ0n) is 12.5. The van der Waals surface area contributed by atoms with Crippen LogP contribution in [0.3, 0.4) is 0 Å². The van der Waals surface area contributed by atoms with Gasteiger partial charge in [0.05, 0.1) is 11.4 Å². The number of sulfone groups is 1. The summed E-state index contributed by atoms with van der Waals surface area (Å²) in [7, 11) is -0.761. The van der Waals surface area contributed by atoms with Crippen molar-refractivity contribution in [1.82, 2.24) is 14.7 Å². The fraction of sp³-hybridized carbons (Fsp3) is 0.286. The van der Waals surface area contributed by atoms with E-state index in [4.69, 9.17) is 0 Å². The highest BCUT2D eigenvalue weighted by atomic mass is 32.2. The van der Waals surface area contributed by atoms with E-state index in [1.165, 1.54) is 37.3 Å². The molecule has 0 N–H and O–H groups in total. The first-order chi connectivity index (χ1) is 10.7. The molecule has 0 unspecified atom stereocenters. The molecule has 0 aliphatic carbocycles. The summed E-state index contributed by atoms with van der Waals surface area (Å²) >= 11 is 0. The Morgan fingerprint density at radius 2 is 1.96 bits per heavy atom. The number of hydrogen-bond donors (Lipinski definition) is 0. The summed E-state index contributed by atoms with van der Waals surface area (Å²) in [5, 5.41) is 3.96. The van der Waals surface area contributed by atoms with Crippen molar-refractivity contribution in [2.45, 2.75) is 5.75 Å². The van der Waals surface area contributed by atoms with E-state index in [1.807, 2.05) is 0 Å². The van der Waals surface area contributed by atoms with E-state index in [9.17, 15) is 22.0 Å². The van der Waals surface area contributed by atoms with Crippen molar-refractivity contribution in [2.75, 3.05) is 19.8 Å². The normalized spacial score (nSPS) is 11.5. The first-order valence-corrected chi connectivity index (χ1v) is 8.40. The summed E-state index contributed by atoms with van der Waals surface area (Å²) in [6.45, 7) is 0. The largest absolute Gasteiger partial charge is 0.348 e. The van der Waals surface area contributed by atoms with Gasteiger partial charge in [0, 0.05) is 26.4 Å². The summed E-state index contributed by atoms with van der Waals surface area (Å²) in [6, 6.07) is 4.39. The molecule has 0 saturated carbocycles. The highest BCUT2D eigenvalue weighted by Gasteiger charge is 2.20. The number of benzene rings is 1. The highest BCUT2D eigenvalue weighted by molar-refractivity contribution is 7.91. The Kier molecular flexibility index (Phi) is 4.79. The molecule has 0 aliphatic rings. The molecule has 2 aromatic rings. The molecule has 1 heterocycles. The van der Waals surface area contributed by atoms with E-state index in [2.05, 4.69) is 5.10 Å². The van der Waals surface area contributed by atoms with Crippen molar-refractivity contribution in [2.24, 2.45) is 0 Å². The predicted octanol–water partition coefficient (Wildman–Crippen LogP) is 1.15. The van der Waals surface area contributed by atoms with Gasteiger partial charge >= 0.3 is 0 Å². The van der Waals surface area contributed by atoms with Gasteiger partial charge in [-0.15, -0.1) is 0 Å². The van der Waals surface area contributed by atoms with E-state index < -0.39 is 38.9 Å². The third-order valence-electron chi connectivity index (χ3n) is 3.01. The van der Waals surface area contributed by atoms with E-state index >= 15 is 0 Å². The minimum Gasteiger partial charge on any atom is -0.348 e. The van der Waals surface area contributed by atoms with Crippen LogP contribution in [0.4, 0.5) is 8.78 Å². The van der Waals surface area contributed by atoms with Crippen LogP contribution in [0.15, 0.2) is 30.5 Å². The van der Waals surface area contributed by atoms with Gasteiger partial charge in [0.25, 0.3) is 0 Å². The van der Waals surface area contributed by atoms with Crippen molar-refractivity contribution < 1.29 is 22.0 Å². The lowest BCUT2D eigenvalue weighted by Gasteiger charge is -2.09. The minimum absolute atomic E-state index is 0.000541. The molecular formula is C14H15F2N3O3S. The van der Waals surface area contributed by atoms with E-state index in [0.717, 1.165) is 10.7 Å². The number of aromatic nitrogens is 2. The smallest absolute Gasteiger partial charge is 0.237 e. The third kappa shape index (κ3) is 4.35. The van der Waals surface area contributed by atoms with Crippen LogP contribution < -0.4 is 0 Å². The van der Waals surface area contributed by atoms with Gasteiger partial charge in [0.15, 0.2) is 15.7 Å². The fourth-order valence-electron chi connectivity index (χ4n) is 1.83. The lowest BCUT2D eigenvalue weighted by molar-refractivity contribution is -0.125. The van der Waals surface area contributed by atoms with E-state index in [1.54, 1.807) is 0 Å². The van der Waals surface area contributed by atoms with Gasteiger partial charge in [-0.05, 0) is 18.2 Å². The number of nitrogens with zero attached hydrogens (tertiary/aromatic N) is 3. The molecule has 0 bridgehead atoms. The van der Waals surface area contributed by atoms with Crippen molar-refractivity contribution in [3.63, 3.8) is 0 Å². The number of rotatable bonds is 5. The van der Waals surface area contributed by atoms with Crippen molar-refractivity contribution in [3.8, 4) is 5.69 Å². The molecule has 0 spiro atoms. The van der Waals surface area contributed by atoms with Gasteiger partial charge in [-0.2, -0.15) is 5.10 Å². The molecule has 9 heteroatoms. The number of halogens is 2. The Hall–Kier alpha value is -2.29. The number of hydrogen-bond acceptors (Lipinski definition) is 4. The standard InChI is InChI=1S/C14H15F2N3O3S/c1-18(2)14(20)9-23(21,22)8-11-5-6-19(17-11)13-4-3-10(15)7-12(13)16/h3-7H,8-9H2,1-2H3. The summed E-state index contributed by atoms with van der Waals surface area (Å²) in [5.74, 6) is -3.14. The average Bonchev–Trinajstić information content (AvgIpc) is 2.85. The molecule has 1 amide bonds. The molecular weight excluding hydrogens is 328 g/mol. The molecule has 23 heavy (non-hydrogen) atoms. The highest BCUT2D eigenvalue weighted by Crippen LogP contribution is 2.15. The summed E-state index contributed by atoms with van der Waals surface area (Å²) in [5.41, 5.74) is 0.166.